The van der Waals surface area contributed by atoms with Crippen LogP contribution in [0.4, 0.5) is 5.69 Å². The Hall–Kier alpha value is -4.10. The molecule has 0 amide bonds. The number of ether oxygens (including phenoxy) is 2. The van der Waals surface area contributed by atoms with Gasteiger partial charge in [-0.2, -0.15) is 0 Å². The molecule has 0 aliphatic carbocycles. The van der Waals surface area contributed by atoms with Crippen LogP contribution >= 0.6 is 0 Å². The van der Waals surface area contributed by atoms with Gasteiger partial charge in [0.25, 0.3) is 5.91 Å². The zero-order chi connectivity index (χ0) is 24.9. The fourth-order valence-corrected chi connectivity index (χ4v) is 4.37. The first-order chi connectivity index (χ1) is 16.9. The van der Waals surface area contributed by atoms with Gasteiger partial charge in [-0.1, -0.05) is 24.3 Å². The lowest BCUT2D eigenvalue weighted by Crippen LogP contribution is -2.14. The molecule has 0 atom stereocenters. The van der Waals surface area contributed by atoms with Crippen molar-refractivity contribution in [1.82, 2.24) is 4.57 Å². The van der Waals surface area contributed by atoms with E-state index in [9.17, 15) is 14.7 Å². The van der Waals surface area contributed by atoms with Gasteiger partial charge >= 0.3 is 5.97 Å². The predicted octanol–water partition coefficient (Wildman–Crippen LogP) is 4.62. The van der Waals surface area contributed by atoms with Crippen LogP contribution in [0.5, 0.6) is 5.75 Å². The standard InChI is InChI=1S/C28H28N2O5/c1-18-24(17-34-2)27-21(16-26(31)32)6-4-8-25(27)30(18)28(33)20-9-11-23(12-10-20)35-14-13-19-5-3-7-22(29)15-19/h3-12,15H,13-14,16-17,29H2,1-2H3,(H,31,32). The van der Waals surface area contributed by atoms with E-state index in [0.29, 0.717) is 29.0 Å². The summed E-state index contributed by atoms with van der Waals surface area (Å²) in [5, 5.41) is 10.1. The minimum absolute atomic E-state index is 0.132. The molecule has 0 fully saturated rings. The van der Waals surface area contributed by atoms with Gasteiger partial charge in [-0.05, 0) is 60.5 Å². The maximum atomic E-state index is 13.5. The van der Waals surface area contributed by atoms with Gasteiger partial charge in [0, 0.05) is 41.4 Å². The fourth-order valence-electron chi connectivity index (χ4n) is 4.37. The number of hydrogen-bond donors (Lipinski definition) is 2. The smallest absolute Gasteiger partial charge is 0.307 e. The number of benzene rings is 3. The van der Waals surface area contributed by atoms with Crippen LogP contribution in [0.2, 0.25) is 0 Å². The van der Waals surface area contributed by atoms with Crippen molar-refractivity contribution < 1.29 is 24.2 Å². The molecule has 0 bridgehead atoms. The van der Waals surface area contributed by atoms with Gasteiger partial charge < -0.3 is 20.3 Å². The third-order valence-electron chi connectivity index (χ3n) is 5.99. The summed E-state index contributed by atoms with van der Waals surface area (Å²) in [4.78, 5) is 24.9. The Kier molecular flexibility index (Phi) is 7.17. The third-order valence-corrected chi connectivity index (χ3v) is 5.99. The van der Waals surface area contributed by atoms with Crippen LogP contribution in [0.1, 0.15) is 32.7 Å². The number of hydrogen-bond acceptors (Lipinski definition) is 5. The molecule has 0 spiro atoms. The molecule has 0 saturated carbocycles. The third kappa shape index (κ3) is 5.20. The molecule has 180 valence electrons. The molecule has 0 saturated heterocycles. The lowest BCUT2D eigenvalue weighted by molar-refractivity contribution is -0.136. The second-order valence-electron chi connectivity index (χ2n) is 8.39. The van der Waals surface area contributed by atoms with Gasteiger partial charge in [-0.25, -0.2) is 0 Å². The summed E-state index contributed by atoms with van der Waals surface area (Å²) >= 11 is 0. The Labute approximate surface area is 203 Å². The highest BCUT2D eigenvalue weighted by Gasteiger charge is 2.22. The van der Waals surface area contributed by atoms with Crippen LogP contribution < -0.4 is 10.5 Å². The Balaban J connectivity index is 1.58. The summed E-state index contributed by atoms with van der Waals surface area (Å²) in [5.41, 5.74) is 11.0. The summed E-state index contributed by atoms with van der Waals surface area (Å²) < 4.78 is 12.8. The summed E-state index contributed by atoms with van der Waals surface area (Å²) in [6.07, 6.45) is 0.592. The molecule has 1 heterocycles. The first-order valence-corrected chi connectivity index (χ1v) is 11.3. The predicted molar refractivity (Wildman–Crippen MR) is 135 cm³/mol. The van der Waals surface area contributed by atoms with E-state index >= 15 is 0 Å². The molecule has 1 aromatic heterocycles. The molecule has 3 N–H and O–H groups in total. The van der Waals surface area contributed by atoms with Gasteiger partial charge in [-0.15, -0.1) is 0 Å². The Bertz CT molecular complexity index is 1370. The van der Waals surface area contributed by atoms with E-state index in [2.05, 4.69) is 0 Å². The lowest BCUT2D eigenvalue weighted by Gasteiger charge is -2.10. The van der Waals surface area contributed by atoms with Gasteiger partial charge in [0.1, 0.15) is 5.75 Å². The molecular formula is C28H28N2O5. The fraction of sp³-hybridized carbons (Fsp3) is 0.214. The monoisotopic (exact) mass is 472 g/mol. The second-order valence-corrected chi connectivity index (χ2v) is 8.39. The van der Waals surface area contributed by atoms with Crippen molar-refractivity contribution in [2.75, 3.05) is 19.5 Å². The number of methoxy groups -OCH3 is 1. The molecular weight excluding hydrogens is 444 g/mol. The van der Waals surface area contributed by atoms with E-state index in [1.54, 1.807) is 48.1 Å². The number of nitrogen functional groups attached to an aromatic ring is 1. The maximum Gasteiger partial charge on any atom is 0.307 e. The van der Waals surface area contributed by atoms with Crippen molar-refractivity contribution in [3.63, 3.8) is 0 Å². The van der Waals surface area contributed by atoms with Crippen LogP contribution in [0, 0.1) is 6.92 Å². The van der Waals surface area contributed by atoms with E-state index in [4.69, 9.17) is 15.2 Å². The van der Waals surface area contributed by atoms with E-state index in [1.165, 1.54) is 0 Å². The quantitative estimate of drug-likeness (QED) is 0.345. The highest BCUT2D eigenvalue weighted by molar-refractivity contribution is 6.05. The van der Waals surface area contributed by atoms with Crippen molar-refractivity contribution in [1.29, 1.82) is 0 Å². The topological polar surface area (TPSA) is 104 Å². The highest BCUT2D eigenvalue weighted by atomic mass is 16.5. The maximum absolute atomic E-state index is 13.5. The van der Waals surface area contributed by atoms with E-state index < -0.39 is 5.97 Å². The van der Waals surface area contributed by atoms with Crippen molar-refractivity contribution in [2.24, 2.45) is 0 Å². The molecule has 4 aromatic rings. The average Bonchev–Trinajstić information content (AvgIpc) is 3.11. The summed E-state index contributed by atoms with van der Waals surface area (Å²) in [7, 11) is 1.58. The number of nitrogens with zero attached hydrogens (tertiary/aromatic N) is 1. The molecule has 0 aliphatic rings. The van der Waals surface area contributed by atoms with Crippen molar-refractivity contribution in [3.05, 3.63) is 94.7 Å². The van der Waals surface area contributed by atoms with Crippen LogP contribution in [0.3, 0.4) is 0 Å². The van der Waals surface area contributed by atoms with Gasteiger partial charge in [0.2, 0.25) is 0 Å². The number of anilines is 1. The average molecular weight is 473 g/mol. The number of carboxylic acid groups (broad SMARTS) is 1. The van der Waals surface area contributed by atoms with Crippen molar-refractivity contribution in [3.8, 4) is 5.75 Å². The number of aromatic nitrogens is 1. The summed E-state index contributed by atoms with van der Waals surface area (Å²) in [5.74, 6) is -0.457. The van der Waals surface area contributed by atoms with E-state index in [-0.39, 0.29) is 18.9 Å². The number of carbonyl (C=O) groups excluding carboxylic acids is 1. The second kappa shape index (κ2) is 10.4. The summed E-state index contributed by atoms with van der Waals surface area (Å²) in [6, 6.07) is 20.1. The number of rotatable bonds is 9. The zero-order valence-corrected chi connectivity index (χ0v) is 19.8. The number of nitrogens with two attached hydrogens (primary N) is 1. The zero-order valence-electron chi connectivity index (χ0n) is 19.8. The van der Waals surface area contributed by atoms with Gasteiger partial charge in [0.15, 0.2) is 0 Å². The Morgan fingerprint density at radius 2 is 1.77 bits per heavy atom. The normalized spacial score (nSPS) is 11.0. The van der Waals surface area contributed by atoms with Crippen LogP contribution in [0.25, 0.3) is 10.9 Å². The van der Waals surface area contributed by atoms with Crippen LogP contribution in [-0.2, 0) is 29.0 Å². The summed E-state index contributed by atoms with van der Waals surface area (Å²) in [6.45, 7) is 2.62. The molecule has 0 unspecified atom stereocenters. The molecule has 4 rings (SSSR count). The molecule has 3 aromatic carbocycles. The number of carbonyl (C=O) groups is 2. The Morgan fingerprint density at radius 1 is 1.03 bits per heavy atom. The van der Waals surface area contributed by atoms with E-state index in [0.717, 1.165) is 34.3 Å². The molecule has 35 heavy (non-hydrogen) atoms. The van der Waals surface area contributed by atoms with E-state index in [1.807, 2.05) is 37.3 Å². The van der Waals surface area contributed by atoms with Gasteiger partial charge in [0.05, 0.1) is 25.2 Å². The van der Waals surface area contributed by atoms with Crippen molar-refractivity contribution >= 4 is 28.5 Å². The first kappa shape index (κ1) is 24.0. The largest absolute Gasteiger partial charge is 0.493 e. The minimum Gasteiger partial charge on any atom is -0.493 e. The SMILES string of the molecule is COCc1c(C)n(C(=O)c2ccc(OCCc3cccc(N)c3)cc2)c2cccc(CC(=O)O)c12. The molecule has 7 nitrogen and oxygen atoms in total. The minimum atomic E-state index is -0.927. The number of carboxylic acids is 1. The number of aliphatic carboxylic acids is 1. The van der Waals surface area contributed by atoms with Crippen LogP contribution in [-0.4, -0.2) is 35.3 Å². The Morgan fingerprint density at radius 3 is 2.46 bits per heavy atom. The first-order valence-electron chi connectivity index (χ1n) is 11.3. The molecule has 7 heteroatoms. The molecule has 0 aliphatic heterocycles. The van der Waals surface area contributed by atoms with Gasteiger partial charge in [-0.3, -0.25) is 14.2 Å². The molecule has 0 radical (unpaired) electrons. The number of fused-ring (bicyclic) bond motifs is 1. The highest BCUT2D eigenvalue weighted by Crippen LogP contribution is 2.31. The van der Waals surface area contributed by atoms with Crippen LogP contribution in [0.15, 0.2) is 66.7 Å². The van der Waals surface area contributed by atoms with Crippen molar-refractivity contribution in [2.45, 2.75) is 26.4 Å². The lowest BCUT2D eigenvalue weighted by atomic mass is 10.0.